The van der Waals surface area contributed by atoms with Crippen LogP contribution in [0.15, 0.2) is 48.6 Å². The minimum absolute atomic E-state index is 0. The van der Waals surface area contributed by atoms with E-state index >= 15 is 0 Å². The van der Waals surface area contributed by atoms with Gasteiger partial charge in [-0.1, -0.05) is 0 Å². The number of benzene rings is 2. The van der Waals surface area contributed by atoms with Crippen molar-refractivity contribution in [1.82, 2.24) is 0 Å². The molecule has 0 radical (unpaired) electrons. The summed E-state index contributed by atoms with van der Waals surface area (Å²) in [6.45, 7) is 0. The van der Waals surface area contributed by atoms with Crippen LogP contribution in [0, 0.1) is 0 Å². The standard InChI is InChI=1S/2C10H9O.C2H4.2ClH.Ti/c2*1-11-10-6-5-8-3-2-4-9(8)7-10;1-2;;;/h2*2-7H,1H3;1-2H2;2*1H;/q;;;;;+2/p-2. The Morgan fingerprint density at radius 1 is 0.741 bits per heavy atom. The predicted octanol–water partition coefficient (Wildman–Crippen LogP) is -0.448. The molecule has 0 N–H and O–H groups in total. The second-order valence-electron chi connectivity index (χ2n) is 7.40. The maximum atomic E-state index is 5.40. The van der Waals surface area contributed by atoms with E-state index in [9.17, 15) is 0 Å². The normalized spacial score (nSPS) is 21.1. The summed E-state index contributed by atoms with van der Waals surface area (Å²) in [5.41, 5.74) is 5.79. The van der Waals surface area contributed by atoms with E-state index in [1.54, 1.807) is 14.2 Å². The molecule has 2 aromatic carbocycles. The molecule has 140 valence electrons. The third kappa shape index (κ3) is 3.17. The van der Waals surface area contributed by atoms with Crippen LogP contribution in [0.5, 0.6) is 11.5 Å². The van der Waals surface area contributed by atoms with Gasteiger partial charge >= 0.3 is 153 Å². The van der Waals surface area contributed by atoms with Gasteiger partial charge in [-0.25, -0.2) is 0 Å². The first-order chi connectivity index (χ1) is 12.2. The van der Waals surface area contributed by atoms with Crippen LogP contribution in [0.3, 0.4) is 0 Å². The molecule has 2 atom stereocenters. The van der Waals surface area contributed by atoms with E-state index in [0.717, 1.165) is 11.5 Å². The number of fused-ring (bicyclic) bond motifs is 2. The first kappa shape index (κ1) is 20.5. The van der Waals surface area contributed by atoms with Crippen LogP contribution in [-0.2, 0) is 16.6 Å². The fraction of sp³-hybridized carbons (Fsp3) is 0.273. The quantitative estimate of drug-likeness (QED) is 0.604. The third-order valence-electron chi connectivity index (χ3n) is 6.26. The molecular formula is C22H22Cl2O2Ti. The average molecular weight is 437 g/mol. The summed E-state index contributed by atoms with van der Waals surface area (Å²) >= 11 is -2.00. The van der Waals surface area contributed by atoms with Crippen molar-refractivity contribution in [2.45, 2.75) is 17.9 Å². The van der Waals surface area contributed by atoms with Crippen LogP contribution >= 0.6 is 0 Å². The van der Waals surface area contributed by atoms with E-state index in [1.807, 2.05) is 0 Å². The Morgan fingerprint density at radius 2 is 1.19 bits per heavy atom. The monoisotopic (exact) mass is 436 g/mol. The summed E-state index contributed by atoms with van der Waals surface area (Å²) in [6, 6.07) is 13.2. The molecule has 0 saturated carbocycles. The number of ether oxygens (including phenoxy) is 2. The van der Waals surface area contributed by atoms with Crippen LogP contribution in [0.1, 0.15) is 30.7 Å². The van der Waals surface area contributed by atoms with Gasteiger partial charge in [-0.15, -0.1) is 0 Å². The topological polar surface area (TPSA) is 18.5 Å². The predicted molar refractivity (Wildman–Crippen MR) is 99.2 cm³/mol. The molecule has 27 heavy (non-hydrogen) atoms. The molecule has 1 fully saturated rings. The van der Waals surface area contributed by atoms with E-state index in [-0.39, 0.29) is 24.8 Å². The smallest absolute Gasteiger partial charge is 1.00 e. The molecule has 0 aromatic heterocycles. The van der Waals surface area contributed by atoms with Gasteiger partial charge < -0.3 is 24.8 Å². The maximum absolute atomic E-state index is 5.40. The molecule has 2 aliphatic carbocycles. The zero-order valence-corrected chi connectivity index (χ0v) is 18.5. The van der Waals surface area contributed by atoms with Crippen molar-refractivity contribution in [2.24, 2.45) is 0 Å². The van der Waals surface area contributed by atoms with Crippen LogP contribution in [0.25, 0.3) is 12.2 Å². The largest absolute Gasteiger partial charge is 1.00 e. The Kier molecular flexibility index (Phi) is 5.84. The molecule has 0 bridgehead atoms. The Balaban J connectivity index is 0.00000105. The molecule has 0 amide bonds. The second kappa shape index (κ2) is 7.68. The number of rotatable bonds is 4. The molecule has 2 unspecified atom stereocenters. The second-order valence-corrected chi connectivity index (χ2v) is 14.8. The number of allylic oxidation sites excluding steroid dienone is 2. The number of methoxy groups -OCH3 is 2. The van der Waals surface area contributed by atoms with Gasteiger partial charge in [0.1, 0.15) is 0 Å². The molecular weight excluding hydrogens is 415 g/mol. The van der Waals surface area contributed by atoms with Crippen molar-refractivity contribution in [3.63, 3.8) is 0 Å². The van der Waals surface area contributed by atoms with Gasteiger partial charge in [-0.2, -0.15) is 0 Å². The Bertz CT molecular complexity index is 847. The van der Waals surface area contributed by atoms with E-state index in [1.165, 1.54) is 31.7 Å². The third-order valence-corrected chi connectivity index (χ3v) is 14.3. The van der Waals surface area contributed by atoms with E-state index in [0.29, 0.717) is 8.45 Å². The maximum Gasteiger partial charge on any atom is -1.00 e. The molecule has 2 aromatic rings. The van der Waals surface area contributed by atoms with Gasteiger partial charge in [0.25, 0.3) is 0 Å². The van der Waals surface area contributed by atoms with E-state index in [4.69, 9.17) is 9.47 Å². The summed E-state index contributed by atoms with van der Waals surface area (Å²) in [7, 11) is 3.49. The van der Waals surface area contributed by atoms with Crippen molar-refractivity contribution in [3.05, 3.63) is 70.8 Å². The molecule has 1 heterocycles. The van der Waals surface area contributed by atoms with Gasteiger partial charge in [0, 0.05) is 0 Å². The number of hydrogen-bond acceptors (Lipinski definition) is 2. The zero-order valence-electron chi connectivity index (χ0n) is 15.4. The van der Waals surface area contributed by atoms with E-state index < -0.39 is 16.6 Å². The molecule has 5 heteroatoms. The first-order valence-electron chi connectivity index (χ1n) is 8.97. The minimum atomic E-state index is -2.00. The SMILES string of the molecule is COc1ccc2c(c1)C=C[CH]2[Ti+2]1([CH]2C=Cc3cc(OC)ccc32)[CH2][CH2]1.[Cl-].[Cl-]. The molecule has 1 saturated heterocycles. The van der Waals surface area contributed by atoms with Crippen molar-refractivity contribution in [3.8, 4) is 11.5 Å². The Hall–Kier alpha value is -1.19. The molecule has 0 spiro atoms. The molecule has 1 aliphatic heterocycles. The summed E-state index contributed by atoms with van der Waals surface area (Å²) in [5.74, 6) is 1.92. The summed E-state index contributed by atoms with van der Waals surface area (Å²) in [4.78, 5) is 0. The van der Waals surface area contributed by atoms with Crippen LogP contribution in [0.2, 0.25) is 9.45 Å². The number of halogens is 2. The van der Waals surface area contributed by atoms with Crippen LogP contribution < -0.4 is 34.3 Å². The van der Waals surface area contributed by atoms with Crippen LogP contribution in [0.4, 0.5) is 0 Å². The van der Waals surface area contributed by atoms with Gasteiger partial charge in [0.15, 0.2) is 0 Å². The first-order valence-corrected chi connectivity index (χ1v) is 13.0. The van der Waals surface area contributed by atoms with Gasteiger partial charge in [-0.3, -0.25) is 0 Å². The zero-order chi connectivity index (χ0) is 17.0. The van der Waals surface area contributed by atoms with Crippen molar-refractivity contribution < 1.29 is 50.9 Å². The minimum Gasteiger partial charge on any atom is -1.00 e. The van der Waals surface area contributed by atoms with E-state index in [2.05, 4.69) is 60.7 Å². The van der Waals surface area contributed by atoms with Crippen molar-refractivity contribution >= 4 is 12.2 Å². The molecule has 3 aliphatic rings. The van der Waals surface area contributed by atoms with Crippen molar-refractivity contribution in [2.75, 3.05) is 14.2 Å². The van der Waals surface area contributed by atoms with Gasteiger partial charge in [0.2, 0.25) is 0 Å². The summed E-state index contributed by atoms with van der Waals surface area (Å²) < 4.78 is 15.1. The van der Waals surface area contributed by atoms with Gasteiger partial charge in [-0.05, 0) is 0 Å². The summed E-state index contributed by atoms with van der Waals surface area (Å²) in [6.07, 6.45) is 9.63. The number of hydrogen-bond donors (Lipinski definition) is 0. The Morgan fingerprint density at radius 3 is 1.56 bits per heavy atom. The average Bonchev–Trinajstić information content (AvgIpc) is 3.16. The fourth-order valence-electron chi connectivity index (χ4n) is 4.78. The summed E-state index contributed by atoms with van der Waals surface area (Å²) in [5, 5.41) is 0. The van der Waals surface area contributed by atoms with Gasteiger partial charge in [0.05, 0.1) is 0 Å². The molecule has 2 nitrogen and oxygen atoms in total. The fourth-order valence-corrected chi connectivity index (χ4v) is 13.9. The Labute approximate surface area is 176 Å². The van der Waals surface area contributed by atoms with Crippen LogP contribution in [-0.4, -0.2) is 14.2 Å². The van der Waals surface area contributed by atoms with Crippen molar-refractivity contribution in [1.29, 1.82) is 0 Å². The molecule has 5 rings (SSSR count).